The maximum atomic E-state index is 14.1. The van der Waals surface area contributed by atoms with E-state index in [1.807, 2.05) is 51.1 Å². The molecule has 8 heteroatoms. The number of hydrogen-bond acceptors (Lipinski definition) is 4. The van der Waals surface area contributed by atoms with Gasteiger partial charge in [0.2, 0.25) is 21.8 Å². The van der Waals surface area contributed by atoms with Crippen LogP contribution in [-0.4, -0.2) is 42.2 Å². The highest BCUT2D eigenvalue weighted by Gasteiger charge is 2.41. The van der Waals surface area contributed by atoms with Crippen LogP contribution in [0.5, 0.6) is 0 Å². The predicted molar refractivity (Wildman–Crippen MR) is 137 cm³/mol. The zero-order valence-electron chi connectivity index (χ0n) is 20.9. The Bertz CT molecular complexity index is 1100. The highest BCUT2D eigenvalue weighted by molar-refractivity contribution is 7.89. The zero-order chi connectivity index (χ0) is 25.6. The molecule has 190 valence electrons. The molecule has 0 aromatic heterocycles. The van der Waals surface area contributed by atoms with Crippen LogP contribution in [-0.2, 0) is 21.2 Å². The second kappa shape index (κ2) is 11.4. The number of rotatable bonds is 9. The van der Waals surface area contributed by atoms with Crippen molar-refractivity contribution in [2.24, 2.45) is 5.73 Å². The van der Waals surface area contributed by atoms with Crippen molar-refractivity contribution in [3.8, 4) is 0 Å². The summed E-state index contributed by atoms with van der Waals surface area (Å²) in [4.78, 5) is 25.2. The molecule has 2 amide bonds. The molecule has 7 nitrogen and oxygen atoms in total. The second-order valence-electron chi connectivity index (χ2n) is 10.3. The quantitative estimate of drug-likeness (QED) is 0.543. The summed E-state index contributed by atoms with van der Waals surface area (Å²) in [6.45, 7) is 5.67. The van der Waals surface area contributed by atoms with Crippen molar-refractivity contribution in [2.75, 3.05) is 0 Å². The molecular formula is C27H37N3O4S. The van der Waals surface area contributed by atoms with Gasteiger partial charge >= 0.3 is 0 Å². The van der Waals surface area contributed by atoms with E-state index < -0.39 is 27.5 Å². The maximum Gasteiger partial charge on any atom is 0.248 e. The molecule has 1 aliphatic rings. The Balaban J connectivity index is 2.04. The van der Waals surface area contributed by atoms with Crippen LogP contribution < -0.4 is 11.1 Å². The number of primary amides is 1. The van der Waals surface area contributed by atoms with Crippen molar-refractivity contribution in [3.63, 3.8) is 0 Å². The summed E-state index contributed by atoms with van der Waals surface area (Å²) in [6.07, 6.45) is 5.25. The van der Waals surface area contributed by atoms with E-state index in [9.17, 15) is 18.0 Å². The molecule has 1 unspecified atom stereocenters. The van der Waals surface area contributed by atoms with Crippen molar-refractivity contribution >= 4 is 21.8 Å². The lowest BCUT2D eigenvalue weighted by atomic mass is 9.93. The Morgan fingerprint density at radius 1 is 1.00 bits per heavy atom. The van der Waals surface area contributed by atoms with Crippen LogP contribution in [0.15, 0.2) is 59.5 Å². The topological polar surface area (TPSA) is 110 Å². The van der Waals surface area contributed by atoms with Crippen molar-refractivity contribution in [1.82, 2.24) is 9.62 Å². The maximum absolute atomic E-state index is 14.1. The third kappa shape index (κ3) is 7.15. The summed E-state index contributed by atoms with van der Waals surface area (Å²) >= 11 is 0. The molecule has 0 heterocycles. The number of carbonyl (C=O) groups excluding carboxylic acids is 2. The molecule has 1 aliphatic carbocycles. The first kappa shape index (κ1) is 26.9. The van der Waals surface area contributed by atoms with Gasteiger partial charge in [0, 0.05) is 17.1 Å². The molecule has 2 aromatic rings. The lowest BCUT2D eigenvalue weighted by Gasteiger charge is -2.39. The Morgan fingerprint density at radius 3 is 2.14 bits per heavy atom. The highest BCUT2D eigenvalue weighted by Crippen LogP contribution is 2.32. The van der Waals surface area contributed by atoms with E-state index in [-0.39, 0.29) is 22.4 Å². The number of nitrogens with zero attached hydrogens (tertiary/aromatic N) is 1. The van der Waals surface area contributed by atoms with Crippen LogP contribution in [0.1, 0.15) is 75.2 Å². The van der Waals surface area contributed by atoms with Gasteiger partial charge in [-0.1, -0.05) is 49.6 Å². The van der Waals surface area contributed by atoms with E-state index >= 15 is 0 Å². The number of hydrogen-bond donors (Lipinski definition) is 2. The summed E-state index contributed by atoms with van der Waals surface area (Å²) in [5.74, 6) is -0.917. The van der Waals surface area contributed by atoms with Crippen molar-refractivity contribution in [3.05, 3.63) is 65.7 Å². The molecule has 0 aliphatic heterocycles. The van der Waals surface area contributed by atoms with E-state index in [0.29, 0.717) is 25.7 Å². The van der Waals surface area contributed by atoms with Gasteiger partial charge in [-0.2, -0.15) is 4.31 Å². The smallest absolute Gasteiger partial charge is 0.248 e. The molecule has 2 aromatic carbocycles. The number of carbonyl (C=O) groups is 2. The van der Waals surface area contributed by atoms with Crippen LogP contribution in [0.2, 0.25) is 0 Å². The van der Waals surface area contributed by atoms with Gasteiger partial charge in [-0.05, 0) is 76.3 Å². The minimum atomic E-state index is -4.03. The summed E-state index contributed by atoms with van der Waals surface area (Å²) in [7, 11) is -4.03. The molecule has 0 spiro atoms. The molecule has 3 N–H and O–H groups in total. The fourth-order valence-electron chi connectivity index (χ4n) is 4.64. The third-order valence-corrected chi connectivity index (χ3v) is 8.28. The van der Waals surface area contributed by atoms with Crippen LogP contribution >= 0.6 is 0 Å². The molecule has 1 saturated carbocycles. The number of amides is 2. The zero-order valence-corrected chi connectivity index (χ0v) is 21.7. The van der Waals surface area contributed by atoms with Gasteiger partial charge in [0.1, 0.15) is 6.04 Å². The Hall–Kier alpha value is -2.71. The molecule has 0 saturated heterocycles. The summed E-state index contributed by atoms with van der Waals surface area (Å²) < 4.78 is 29.6. The second-order valence-corrected chi connectivity index (χ2v) is 12.1. The number of sulfonamides is 1. The minimum Gasteiger partial charge on any atom is -0.366 e. The van der Waals surface area contributed by atoms with Crippen LogP contribution in [0.3, 0.4) is 0 Å². The Morgan fingerprint density at radius 2 is 1.60 bits per heavy atom. The molecule has 0 radical (unpaired) electrons. The van der Waals surface area contributed by atoms with Gasteiger partial charge < -0.3 is 11.1 Å². The number of nitrogens with two attached hydrogens (primary N) is 1. The van der Waals surface area contributed by atoms with Gasteiger partial charge in [0.05, 0.1) is 4.90 Å². The van der Waals surface area contributed by atoms with Crippen molar-refractivity contribution in [1.29, 1.82) is 0 Å². The molecule has 1 atom stereocenters. The highest BCUT2D eigenvalue weighted by atomic mass is 32.2. The number of aryl methyl sites for hydroxylation is 1. The fraction of sp³-hybridized carbons (Fsp3) is 0.481. The lowest BCUT2D eigenvalue weighted by Crippen LogP contribution is -2.57. The molecular weight excluding hydrogens is 462 g/mol. The van der Waals surface area contributed by atoms with Crippen LogP contribution in [0.4, 0.5) is 0 Å². The predicted octanol–water partition coefficient (Wildman–Crippen LogP) is 4.03. The number of nitrogens with one attached hydrogen (secondary N) is 1. The van der Waals surface area contributed by atoms with E-state index in [4.69, 9.17) is 5.73 Å². The summed E-state index contributed by atoms with van der Waals surface area (Å²) in [5, 5.41) is 3.02. The average molecular weight is 500 g/mol. The van der Waals surface area contributed by atoms with Crippen molar-refractivity contribution < 1.29 is 18.0 Å². The molecule has 35 heavy (non-hydrogen) atoms. The normalized spacial score (nSPS) is 16.1. The fourth-order valence-corrected chi connectivity index (χ4v) is 6.50. The van der Waals surface area contributed by atoms with Gasteiger partial charge in [-0.3, -0.25) is 9.59 Å². The van der Waals surface area contributed by atoms with Crippen molar-refractivity contribution in [2.45, 2.75) is 88.2 Å². The Kier molecular flexibility index (Phi) is 8.72. The molecule has 1 fully saturated rings. The molecule has 0 bridgehead atoms. The Labute approximate surface area is 209 Å². The van der Waals surface area contributed by atoms with Gasteiger partial charge in [-0.15, -0.1) is 0 Å². The van der Waals surface area contributed by atoms with Gasteiger partial charge in [-0.25, -0.2) is 8.42 Å². The van der Waals surface area contributed by atoms with E-state index in [1.165, 1.54) is 28.6 Å². The lowest BCUT2D eigenvalue weighted by molar-refractivity contribution is -0.127. The first-order chi connectivity index (χ1) is 16.5. The van der Waals surface area contributed by atoms with E-state index in [0.717, 1.165) is 24.8 Å². The van der Waals surface area contributed by atoms with E-state index in [2.05, 4.69) is 5.32 Å². The SMILES string of the molecule is CC(C)(C)NC(=O)C(CCc1ccccc1)N(C1CCCCC1)S(=O)(=O)c1ccc(C(N)=O)cc1. The van der Waals surface area contributed by atoms with Crippen LogP contribution in [0, 0.1) is 0 Å². The van der Waals surface area contributed by atoms with Gasteiger partial charge in [0.15, 0.2) is 0 Å². The standard InChI is InChI=1S/C27H37N3O4S/c1-27(2,3)29-26(32)24(19-14-20-10-6-4-7-11-20)30(22-12-8-5-9-13-22)35(33,34)23-17-15-21(16-18-23)25(28)31/h4,6-7,10-11,15-18,22,24H,5,8-9,12-14,19H2,1-3H3,(H2,28,31)(H,29,32). The summed E-state index contributed by atoms with van der Waals surface area (Å²) in [5.41, 5.74) is 6.12. The average Bonchev–Trinajstić information content (AvgIpc) is 2.81. The third-order valence-electron chi connectivity index (χ3n) is 6.31. The largest absolute Gasteiger partial charge is 0.366 e. The van der Waals surface area contributed by atoms with E-state index in [1.54, 1.807) is 0 Å². The summed E-state index contributed by atoms with van der Waals surface area (Å²) in [6, 6.07) is 14.3. The minimum absolute atomic E-state index is 0.0568. The van der Waals surface area contributed by atoms with Crippen LogP contribution in [0.25, 0.3) is 0 Å². The first-order valence-corrected chi connectivity index (χ1v) is 13.7. The monoisotopic (exact) mass is 499 g/mol. The molecule has 3 rings (SSSR count). The number of benzene rings is 2. The van der Waals surface area contributed by atoms with Gasteiger partial charge in [0.25, 0.3) is 0 Å². The first-order valence-electron chi connectivity index (χ1n) is 12.3.